The summed E-state index contributed by atoms with van der Waals surface area (Å²) in [4.78, 5) is 35.6. The van der Waals surface area contributed by atoms with Crippen LogP contribution in [0.1, 0.15) is 29.9 Å². The van der Waals surface area contributed by atoms with Crippen LogP contribution < -0.4 is 10.6 Å². The Kier molecular flexibility index (Phi) is 8.34. The molecule has 0 aromatic heterocycles. The maximum atomic E-state index is 13.5. The average Bonchev–Trinajstić information content (AvgIpc) is 3.13. The van der Waals surface area contributed by atoms with Gasteiger partial charge in [0.1, 0.15) is 18.7 Å². The van der Waals surface area contributed by atoms with Gasteiger partial charge in [0.05, 0.1) is 6.42 Å². The van der Waals surface area contributed by atoms with Crippen molar-refractivity contribution in [2.45, 2.75) is 37.0 Å². The smallest absolute Gasteiger partial charge is 0.409 e. The second-order valence-electron chi connectivity index (χ2n) is 8.01. The lowest BCUT2D eigenvalue weighted by Gasteiger charge is -2.23. The van der Waals surface area contributed by atoms with E-state index in [1.807, 2.05) is 53.8 Å². The SMILES string of the molecule is COCCC(NC(=O)CC(NC(=O)OCC1c2ccccc2-c2ccccc21)C(F)(F)F)C(=O)O. The second-order valence-corrected chi connectivity index (χ2v) is 8.01. The van der Waals surface area contributed by atoms with Crippen molar-refractivity contribution in [2.75, 3.05) is 20.3 Å². The zero-order chi connectivity index (χ0) is 25.6. The number of methoxy groups -OCH3 is 1. The molecule has 0 radical (unpaired) electrons. The number of carbonyl (C=O) groups excluding carboxylic acids is 2. The summed E-state index contributed by atoms with van der Waals surface area (Å²) in [7, 11) is 1.32. The summed E-state index contributed by atoms with van der Waals surface area (Å²) in [5.74, 6) is -2.95. The quantitative estimate of drug-likeness (QED) is 0.466. The summed E-state index contributed by atoms with van der Waals surface area (Å²) in [6, 6.07) is 11.0. The number of alkyl carbamates (subject to hydrolysis) is 1. The number of carboxylic acid groups (broad SMARTS) is 1. The molecule has 0 heterocycles. The molecular weight excluding hydrogens is 469 g/mol. The van der Waals surface area contributed by atoms with Crippen molar-refractivity contribution in [2.24, 2.45) is 0 Å². The van der Waals surface area contributed by atoms with Gasteiger partial charge in [-0.05, 0) is 22.3 Å². The van der Waals surface area contributed by atoms with Gasteiger partial charge in [-0.15, -0.1) is 0 Å². The minimum absolute atomic E-state index is 0.0159. The Bertz CT molecular complexity index is 1030. The van der Waals surface area contributed by atoms with Gasteiger partial charge in [-0.1, -0.05) is 48.5 Å². The van der Waals surface area contributed by atoms with Crippen molar-refractivity contribution < 1.29 is 42.1 Å². The Hall–Kier alpha value is -3.60. The van der Waals surface area contributed by atoms with Crippen molar-refractivity contribution in [1.29, 1.82) is 0 Å². The number of fused-ring (bicyclic) bond motifs is 3. The topological polar surface area (TPSA) is 114 Å². The molecule has 11 heteroatoms. The van der Waals surface area contributed by atoms with Crippen LogP contribution in [0, 0.1) is 0 Å². The largest absolute Gasteiger partial charge is 0.480 e. The zero-order valence-corrected chi connectivity index (χ0v) is 18.8. The fraction of sp³-hybridized carbons (Fsp3) is 0.375. The van der Waals surface area contributed by atoms with Crippen molar-refractivity contribution in [3.63, 3.8) is 0 Å². The third kappa shape index (κ3) is 6.50. The highest BCUT2D eigenvalue weighted by molar-refractivity contribution is 5.84. The number of ether oxygens (including phenoxy) is 2. The number of hydrogen-bond acceptors (Lipinski definition) is 5. The molecule has 3 N–H and O–H groups in total. The summed E-state index contributed by atoms with van der Waals surface area (Å²) in [6.07, 6.45) is -7.64. The van der Waals surface area contributed by atoms with E-state index in [4.69, 9.17) is 14.6 Å². The fourth-order valence-electron chi connectivity index (χ4n) is 3.96. The van der Waals surface area contributed by atoms with Crippen molar-refractivity contribution in [3.8, 4) is 11.1 Å². The van der Waals surface area contributed by atoms with Gasteiger partial charge >= 0.3 is 18.2 Å². The maximum absolute atomic E-state index is 13.5. The molecule has 2 unspecified atom stereocenters. The van der Waals surface area contributed by atoms with Gasteiger partial charge in [0.25, 0.3) is 0 Å². The van der Waals surface area contributed by atoms with Crippen LogP contribution in [-0.4, -0.2) is 61.7 Å². The summed E-state index contributed by atoms with van der Waals surface area (Å²) >= 11 is 0. The first kappa shape index (κ1) is 26.0. The Labute approximate surface area is 199 Å². The van der Waals surface area contributed by atoms with Crippen LogP contribution in [0.4, 0.5) is 18.0 Å². The number of carbonyl (C=O) groups is 3. The number of rotatable bonds is 10. The summed E-state index contributed by atoms with van der Waals surface area (Å²) in [5.41, 5.74) is 3.71. The van der Waals surface area contributed by atoms with Crippen LogP contribution in [0.25, 0.3) is 11.1 Å². The molecule has 2 atom stereocenters. The second kappa shape index (κ2) is 11.2. The molecule has 1 aliphatic carbocycles. The predicted molar refractivity (Wildman–Crippen MR) is 119 cm³/mol. The fourth-order valence-corrected chi connectivity index (χ4v) is 3.96. The van der Waals surface area contributed by atoms with E-state index in [2.05, 4.69) is 0 Å². The molecule has 3 rings (SSSR count). The predicted octanol–water partition coefficient (Wildman–Crippen LogP) is 3.45. The van der Waals surface area contributed by atoms with E-state index in [0.29, 0.717) is 0 Å². The molecule has 1 aliphatic rings. The number of nitrogens with one attached hydrogen (secondary N) is 2. The highest BCUT2D eigenvalue weighted by atomic mass is 19.4. The summed E-state index contributed by atoms with van der Waals surface area (Å²) in [5, 5.41) is 12.8. The highest BCUT2D eigenvalue weighted by Gasteiger charge is 2.43. The number of amides is 2. The van der Waals surface area contributed by atoms with E-state index >= 15 is 0 Å². The van der Waals surface area contributed by atoms with Crippen LogP contribution in [0.3, 0.4) is 0 Å². The normalized spacial score (nSPS) is 14.4. The van der Waals surface area contributed by atoms with Crippen molar-refractivity contribution in [3.05, 3.63) is 59.7 Å². The van der Waals surface area contributed by atoms with Gasteiger partial charge in [0.2, 0.25) is 5.91 Å². The van der Waals surface area contributed by atoms with Crippen LogP contribution in [0.15, 0.2) is 48.5 Å². The first-order valence-electron chi connectivity index (χ1n) is 10.8. The number of alkyl halides is 3. The Morgan fingerprint density at radius 2 is 1.57 bits per heavy atom. The molecule has 188 valence electrons. The van der Waals surface area contributed by atoms with Gasteiger partial charge < -0.3 is 25.2 Å². The van der Waals surface area contributed by atoms with Gasteiger partial charge in [-0.2, -0.15) is 13.2 Å². The van der Waals surface area contributed by atoms with E-state index in [1.165, 1.54) is 7.11 Å². The molecule has 2 aromatic carbocycles. The Balaban J connectivity index is 1.62. The molecular formula is C24H25F3N2O6. The maximum Gasteiger partial charge on any atom is 0.409 e. The molecule has 0 saturated carbocycles. The van der Waals surface area contributed by atoms with Gasteiger partial charge in [-0.3, -0.25) is 4.79 Å². The van der Waals surface area contributed by atoms with Crippen LogP contribution in [-0.2, 0) is 19.1 Å². The standard InChI is InChI=1S/C24H25F3N2O6/c1-34-11-10-19(22(31)32)28-21(30)12-20(24(25,26)27)29-23(33)35-13-18-16-8-4-2-6-14(16)15-7-3-5-9-17(15)18/h2-9,18-20H,10-13H2,1H3,(H,28,30)(H,29,33)(H,31,32). The Morgan fingerprint density at radius 1 is 1.00 bits per heavy atom. The van der Waals surface area contributed by atoms with Gasteiger partial charge in [0.15, 0.2) is 0 Å². The molecule has 8 nitrogen and oxygen atoms in total. The molecule has 0 bridgehead atoms. The van der Waals surface area contributed by atoms with E-state index in [9.17, 15) is 27.6 Å². The lowest BCUT2D eigenvalue weighted by molar-refractivity contribution is -0.161. The van der Waals surface area contributed by atoms with E-state index < -0.39 is 42.7 Å². The lowest BCUT2D eigenvalue weighted by Crippen LogP contribution is -2.50. The first-order valence-corrected chi connectivity index (χ1v) is 10.8. The number of hydrogen-bond donors (Lipinski definition) is 3. The van der Waals surface area contributed by atoms with Crippen LogP contribution in [0.2, 0.25) is 0 Å². The van der Waals surface area contributed by atoms with Crippen LogP contribution in [0.5, 0.6) is 0 Å². The number of benzene rings is 2. The van der Waals surface area contributed by atoms with E-state index in [1.54, 1.807) is 5.32 Å². The molecule has 2 amide bonds. The Morgan fingerprint density at radius 3 is 2.09 bits per heavy atom. The van der Waals surface area contributed by atoms with Crippen molar-refractivity contribution >= 4 is 18.0 Å². The molecule has 0 aliphatic heterocycles. The number of aliphatic carboxylic acids is 1. The highest BCUT2D eigenvalue weighted by Crippen LogP contribution is 2.44. The monoisotopic (exact) mass is 494 g/mol. The first-order chi connectivity index (χ1) is 16.6. The third-order valence-corrected chi connectivity index (χ3v) is 5.66. The summed E-state index contributed by atoms with van der Waals surface area (Å²) in [6.45, 7) is -0.216. The lowest BCUT2D eigenvalue weighted by atomic mass is 9.98. The molecule has 35 heavy (non-hydrogen) atoms. The molecule has 0 fully saturated rings. The average molecular weight is 494 g/mol. The molecule has 0 spiro atoms. The zero-order valence-electron chi connectivity index (χ0n) is 18.8. The minimum Gasteiger partial charge on any atom is -0.480 e. The van der Waals surface area contributed by atoms with E-state index in [0.717, 1.165) is 22.3 Å². The van der Waals surface area contributed by atoms with Crippen LogP contribution >= 0.6 is 0 Å². The number of carboxylic acids is 1. The van der Waals surface area contributed by atoms with Crippen molar-refractivity contribution in [1.82, 2.24) is 10.6 Å². The van der Waals surface area contributed by atoms with E-state index in [-0.39, 0.29) is 25.6 Å². The number of halogens is 3. The van der Waals surface area contributed by atoms with Gasteiger partial charge in [-0.25, -0.2) is 9.59 Å². The minimum atomic E-state index is -4.96. The molecule has 2 aromatic rings. The molecule has 0 saturated heterocycles. The van der Waals surface area contributed by atoms with Gasteiger partial charge in [0, 0.05) is 26.1 Å². The summed E-state index contributed by atoms with van der Waals surface area (Å²) < 4.78 is 50.3. The third-order valence-electron chi connectivity index (χ3n) is 5.66.